The van der Waals surface area contributed by atoms with Gasteiger partial charge in [0.15, 0.2) is 29.0 Å². The topological polar surface area (TPSA) is 68.3 Å². The fraction of sp³-hybridized carbons (Fsp3) is 0.176. The highest BCUT2D eigenvalue weighted by molar-refractivity contribution is 6.02. The summed E-state index contributed by atoms with van der Waals surface area (Å²) in [5, 5.41) is 5.41. The molecule has 27 heavy (non-hydrogen) atoms. The van der Waals surface area contributed by atoms with E-state index in [0.717, 1.165) is 5.56 Å². The zero-order valence-corrected chi connectivity index (χ0v) is 13.9. The number of aromatic nitrogens is 1. The number of amides is 1. The highest BCUT2D eigenvalue weighted by atomic mass is 19.2. The molecule has 1 amide bonds. The summed E-state index contributed by atoms with van der Waals surface area (Å²) >= 11 is 0. The van der Waals surface area contributed by atoms with Crippen LogP contribution in [0.5, 0.6) is 0 Å². The van der Waals surface area contributed by atoms with Crippen LogP contribution in [0.1, 0.15) is 33.3 Å². The molecule has 10 heteroatoms. The van der Waals surface area contributed by atoms with Crippen LogP contribution in [-0.4, -0.2) is 11.1 Å². The van der Waals surface area contributed by atoms with Gasteiger partial charge >= 0.3 is 0 Å². The average molecular weight is 386 g/mol. The lowest BCUT2D eigenvalue weighted by molar-refractivity contribution is 0.0994. The molecule has 0 saturated carbocycles. The third-order valence-corrected chi connectivity index (χ3v) is 3.87. The van der Waals surface area contributed by atoms with E-state index in [1.165, 1.54) is 12.1 Å². The minimum Gasteiger partial charge on any atom is -0.456 e. The summed E-state index contributed by atoms with van der Waals surface area (Å²) in [4.78, 5) is 12.1. The number of halogens is 5. The number of benzene rings is 1. The summed E-state index contributed by atoms with van der Waals surface area (Å²) < 4.78 is 77.0. The summed E-state index contributed by atoms with van der Waals surface area (Å²) in [6.45, 7) is 3.40. The van der Waals surface area contributed by atoms with Crippen molar-refractivity contribution in [2.45, 2.75) is 20.3 Å². The van der Waals surface area contributed by atoms with E-state index < -0.39 is 40.7 Å². The van der Waals surface area contributed by atoms with Gasteiger partial charge in [-0.1, -0.05) is 5.16 Å². The molecule has 0 aliphatic rings. The van der Waals surface area contributed by atoms with Crippen LogP contribution < -0.4 is 5.32 Å². The number of hydrogen-bond acceptors (Lipinski definition) is 4. The molecule has 3 aromatic rings. The number of furan rings is 1. The Hall–Kier alpha value is -3.17. The van der Waals surface area contributed by atoms with E-state index >= 15 is 0 Å². The van der Waals surface area contributed by atoms with Gasteiger partial charge in [-0.05, 0) is 26.0 Å². The Balaban J connectivity index is 1.84. The summed E-state index contributed by atoms with van der Waals surface area (Å²) in [5.41, 5.74) is -0.104. The second kappa shape index (κ2) is 6.86. The van der Waals surface area contributed by atoms with Crippen molar-refractivity contribution in [2.24, 2.45) is 0 Å². The summed E-state index contributed by atoms with van der Waals surface area (Å²) in [6.07, 6.45) is 0.233. The van der Waals surface area contributed by atoms with Crippen LogP contribution in [0, 0.1) is 42.9 Å². The van der Waals surface area contributed by atoms with Crippen LogP contribution in [0.15, 0.2) is 21.1 Å². The van der Waals surface area contributed by atoms with E-state index in [0.29, 0.717) is 17.2 Å². The van der Waals surface area contributed by atoms with Crippen LogP contribution in [0.4, 0.5) is 27.6 Å². The smallest absolute Gasteiger partial charge is 0.291 e. The maximum atomic E-state index is 13.6. The molecule has 0 unspecified atom stereocenters. The van der Waals surface area contributed by atoms with Crippen molar-refractivity contribution >= 4 is 11.6 Å². The lowest BCUT2D eigenvalue weighted by atomic mass is 10.1. The first-order valence-corrected chi connectivity index (χ1v) is 7.54. The lowest BCUT2D eigenvalue weighted by Gasteiger charge is -2.08. The number of carbonyl (C=O) groups excluding carboxylic acids is 1. The fourth-order valence-corrected chi connectivity index (χ4v) is 2.41. The summed E-state index contributed by atoms with van der Waals surface area (Å²) in [6, 6.07) is 2.63. The normalized spacial score (nSPS) is 11.1. The monoisotopic (exact) mass is 386 g/mol. The Kier molecular flexibility index (Phi) is 4.73. The van der Waals surface area contributed by atoms with Crippen LogP contribution in [-0.2, 0) is 6.42 Å². The number of carbonyl (C=O) groups is 1. The molecule has 2 aromatic heterocycles. The molecule has 0 aliphatic heterocycles. The van der Waals surface area contributed by atoms with Crippen LogP contribution in [0.25, 0.3) is 0 Å². The number of rotatable bonds is 4. The molecule has 0 radical (unpaired) electrons. The van der Waals surface area contributed by atoms with Gasteiger partial charge in [-0.3, -0.25) is 4.79 Å². The van der Waals surface area contributed by atoms with Crippen LogP contribution in [0.2, 0.25) is 0 Å². The van der Waals surface area contributed by atoms with Gasteiger partial charge in [-0.15, -0.1) is 0 Å². The van der Waals surface area contributed by atoms with Crippen LogP contribution in [0.3, 0.4) is 0 Å². The molecule has 0 spiro atoms. The zero-order chi connectivity index (χ0) is 19.9. The Morgan fingerprint density at radius 2 is 1.59 bits per heavy atom. The van der Waals surface area contributed by atoms with Gasteiger partial charge in [0, 0.05) is 12.0 Å². The average Bonchev–Trinajstić information content (AvgIpc) is 3.24. The van der Waals surface area contributed by atoms with E-state index in [1.807, 2.05) is 0 Å². The predicted octanol–water partition coefficient (Wildman–Crippen LogP) is 4.42. The van der Waals surface area contributed by atoms with E-state index in [-0.39, 0.29) is 12.2 Å². The first kappa shape index (κ1) is 18.6. The predicted molar refractivity (Wildman–Crippen MR) is 81.7 cm³/mol. The van der Waals surface area contributed by atoms with E-state index in [4.69, 9.17) is 8.94 Å². The molecule has 0 fully saturated rings. The van der Waals surface area contributed by atoms with Crippen molar-refractivity contribution in [1.82, 2.24) is 5.16 Å². The molecule has 0 atom stereocenters. The first-order chi connectivity index (χ1) is 12.7. The molecule has 3 rings (SSSR count). The van der Waals surface area contributed by atoms with Crippen LogP contribution >= 0.6 is 0 Å². The molecule has 2 heterocycles. The number of nitrogens with zero attached hydrogens (tertiary/aromatic N) is 1. The molecule has 0 saturated heterocycles. The Morgan fingerprint density at radius 1 is 1.00 bits per heavy atom. The number of nitrogens with one attached hydrogen (secondary N) is 1. The third kappa shape index (κ3) is 3.29. The van der Waals surface area contributed by atoms with Crippen molar-refractivity contribution in [3.63, 3.8) is 0 Å². The second-order valence-corrected chi connectivity index (χ2v) is 5.64. The van der Waals surface area contributed by atoms with Gasteiger partial charge in [-0.2, -0.15) is 0 Å². The summed E-state index contributed by atoms with van der Waals surface area (Å²) in [7, 11) is 0. The maximum Gasteiger partial charge on any atom is 0.291 e. The summed E-state index contributed by atoms with van der Waals surface area (Å²) in [5.74, 6) is -11.6. The van der Waals surface area contributed by atoms with Crippen molar-refractivity contribution < 1.29 is 35.7 Å². The molecular weight excluding hydrogens is 375 g/mol. The quantitative estimate of drug-likeness (QED) is 0.409. The lowest BCUT2D eigenvalue weighted by Crippen LogP contribution is -2.16. The van der Waals surface area contributed by atoms with Gasteiger partial charge in [0.25, 0.3) is 5.91 Å². The first-order valence-electron chi connectivity index (χ1n) is 7.54. The molecule has 1 N–H and O–H groups in total. The Labute approximate surface area is 148 Å². The Morgan fingerprint density at radius 3 is 2.15 bits per heavy atom. The standard InChI is InChI=1S/C17H11F5N2O3/c1-6-9(7(2)27-24-6)5-8-3-4-10(26-8)17(25)23-16-14(21)12(19)11(18)13(20)15(16)22/h3-4H,5H2,1-2H3,(H,23,25). The molecule has 1 aromatic carbocycles. The van der Waals surface area contributed by atoms with Gasteiger partial charge in [-0.25, -0.2) is 22.0 Å². The van der Waals surface area contributed by atoms with Gasteiger partial charge < -0.3 is 14.3 Å². The second-order valence-electron chi connectivity index (χ2n) is 5.64. The van der Waals surface area contributed by atoms with Gasteiger partial charge in [0.1, 0.15) is 17.2 Å². The molecule has 142 valence electrons. The molecule has 5 nitrogen and oxygen atoms in total. The van der Waals surface area contributed by atoms with Crippen molar-refractivity contribution in [3.8, 4) is 0 Å². The molecule has 0 bridgehead atoms. The SMILES string of the molecule is Cc1noc(C)c1Cc1ccc(C(=O)Nc2c(F)c(F)c(F)c(F)c2F)o1. The number of anilines is 1. The van der Waals surface area contributed by atoms with Gasteiger partial charge in [0.2, 0.25) is 5.82 Å². The zero-order valence-electron chi connectivity index (χ0n) is 13.9. The Bertz CT molecular complexity index is 993. The fourth-order valence-electron chi connectivity index (χ4n) is 2.41. The van der Waals surface area contributed by atoms with E-state index in [2.05, 4.69) is 5.16 Å². The number of hydrogen-bond donors (Lipinski definition) is 1. The molecular formula is C17H11F5N2O3. The largest absolute Gasteiger partial charge is 0.456 e. The van der Waals surface area contributed by atoms with E-state index in [1.54, 1.807) is 19.2 Å². The van der Waals surface area contributed by atoms with Gasteiger partial charge in [0.05, 0.1) is 5.69 Å². The van der Waals surface area contributed by atoms with E-state index in [9.17, 15) is 26.7 Å². The highest BCUT2D eigenvalue weighted by Crippen LogP contribution is 2.28. The molecule has 0 aliphatic carbocycles. The highest BCUT2D eigenvalue weighted by Gasteiger charge is 2.27. The minimum absolute atomic E-state index is 0.233. The minimum atomic E-state index is -2.32. The van der Waals surface area contributed by atoms with Crippen molar-refractivity contribution in [1.29, 1.82) is 0 Å². The number of aryl methyl sites for hydroxylation is 2. The maximum absolute atomic E-state index is 13.6. The van der Waals surface area contributed by atoms with Crippen molar-refractivity contribution in [2.75, 3.05) is 5.32 Å². The van der Waals surface area contributed by atoms with Crippen molar-refractivity contribution in [3.05, 3.63) is 69.8 Å². The third-order valence-electron chi connectivity index (χ3n) is 3.87.